The highest BCUT2D eigenvalue weighted by atomic mass is 79.9. The summed E-state index contributed by atoms with van der Waals surface area (Å²) in [4.78, 5) is 0. The molecule has 0 bridgehead atoms. The fourth-order valence-corrected chi connectivity index (χ4v) is 4.15. The molecule has 1 heterocycles. The molecule has 0 unspecified atom stereocenters. The van der Waals surface area contributed by atoms with E-state index in [1.807, 2.05) is 0 Å². The van der Waals surface area contributed by atoms with Crippen LogP contribution in [0.1, 0.15) is 11.1 Å². The van der Waals surface area contributed by atoms with Gasteiger partial charge in [-0.15, -0.1) is 0 Å². The van der Waals surface area contributed by atoms with Crippen LogP contribution in [0.15, 0.2) is 128 Å². The van der Waals surface area contributed by atoms with E-state index in [-0.39, 0.29) is 17.0 Å². The van der Waals surface area contributed by atoms with Crippen LogP contribution < -0.4 is 21.5 Å². The molecule has 0 fully saturated rings. The van der Waals surface area contributed by atoms with Crippen molar-refractivity contribution in [2.24, 2.45) is 0 Å². The van der Waals surface area contributed by atoms with Crippen LogP contribution in [0.4, 0.5) is 0 Å². The molecule has 0 N–H and O–H groups in total. The lowest BCUT2D eigenvalue weighted by atomic mass is 10.0. The number of rotatable bonds is 6. The van der Waals surface area contributed by atoms with Crippen molar-refractivity contribution in [3.8, 4) is 22.5 Å². The highest BCUT2D eigenvalue weighted by Crippen LogP contribution is 2.31. The summed E-state index contributed by atoms with van der Waals surface area (Å²) in [5.41, 5.74) is 7.52. The third-order valence-electron chi connectivity index (χ3n) is 5.56. The summed E-state index contributed by atoms with van der Waals surface area (Å²) < 4.78 is 4.77. The van der Waals surface area contributed by atoms with E-state index in [1.54, 1.807) is 0 Å². The highest BCUT2D eigenvalue weighted by molar-refractivity contribution is 5.76. The molecule has 0 saturated carbocycles. The lowest BCUT2D eigenvalue weighted by Gasteiger charge is -2.07. The molecule has 0 aliphatic rings. The van der Waals surface area contributed by atoms with Crippen molar-refractivity contribution in [3.05, 3.63) is 139 Å². The Balaban J connectivity index is 0.00000245. The minimum absolute atomic E-state index is 0. The molecule has 0 saturated heterocycles. The molecule has 0 radical (unpaired) electrons. The fraction of sp³-hybridized carbons (Fsp3) is 0.0690. The normalized spacial score (nSPS) is 10.5. The molecule has 0 amide bonds. The molecule has 158 valence electrons. The molecule has 2 nitrogen and oxygen atoms in total. The van der Waals surface area contributed by atoms with Crippen LogP contribution in [-0.4, -0.2) is 4.57 Å². The zero-order valence-electron chi connectivity index (χ0n) is 17.8. The molecule has 4 aromatic carbocycles. The van der Waals surface area contributed by atoms with Gasteiger partial charge in [-0.05, 0) is 11.1 Å². The Morgan fingerprint density at radius 3 is 1.56 bits per heavy atom. The van der Waals surface area contributed by atoms with Gasteiger partial charge in [0, 0.05) is 11.1 Å². The largest absolute Gasteiger partial charge is 1.00 e. The second kappa shape index (κ2) is 10.3. The zero-order valence-corrected chi connectivity index (χ0v) is 19.4. The average molecular weight is 481 g/mol. The van der Waals surface area contributed by atoms with Crippen molar-refractivity contribution in [1.82, 2.24) is 4.57 Å². The summed E-state index contributed by atoms with van der Waals surface area (Å²) in [5, 5.41) is 0. The monoisotopic (exact) mass is 480 g/mol. The van der Waals surface area contributed by atoms with Crippen molar-refractivity contribution >= 4 is 0 Å². The summed E-state index contributed by atoms with van der Waals surface area (Å²) in [6, 6.07) is 42.8. The third kappa shape index (κ3) is 4.74. The van der Waals surface area contributed by atoms with Crippen molar-refractivity contribution in [2.75, 3.05) is 0 Å². The molecule has 1 aromatic heterocycles. The maximum absolute atomic E-state index is 2.38. The van der Waals surface area contributed by atoms with Gasteiger partial charge in [-0.3, -0.25) is 0 Å². The van der Waals surface area contributed by atoms with Gasteiger partial charge in [0.1, 0.15) is 13.1 Å². The van der Waals surface area contributed by atoms with E-state index >= 15 is 0 Å². The Labute approximate surface area is 200 Å². The van der Waals surface area contributed by atoms with Crippen LogP contribution in [-0.2, 0) is 13.1 Å². The van der Waals surface area contributed by atoms with E-state index in [1.165, 1.54) is 33.6 Å². The molecular weight excluding hydrogens is 456 g/mol. The second-order valence-corrected chi connectivity index (χ2v) is 7.77. The Morgan fingerprint density at radius 1 is 0.531 bits per heavy atom. The molecule has 0 spiro atoms. The quantitative estimate of drug-likeness (QED) is 0.330. The number of benzene rings is 4. The Bertz CT molecular complexity index is 1150. The van der Waals surface area contributed by atoms with Gasteiger partial charge in [-0.1, -0.05) is 121 Å². The lowest BCUT2D eigenvalue weighted by Crippen LogP contribution is -3.00. The zero-order chi connectivity index (χ0) is 20.9. The SMILES string of the molecule is [Br-].c1ccc(Cn2c[n+](Cc3ccccc3)c(-c3ccccc3)c2-c2ccccc2)cc1. The molecule has 5 rings (SSSR count). The van der Waals surface area contributed by atoms with Crippen molar-refractivity contribution in [2.45, 2.75) is 13.1 Å². The summed E-state index contributed by atoms with van der Waals surface area (Å²) >= 11 is 0. The summed E-state index contributed by atoms with van der Waals surface area (Å²) in [5.74, 6) is 0. The number of imidazole rings is 1. The molecule has 0 aliphatic heterocycles. The van der Waals surface area contributed by atoms with E-state index in [9.17, 15) is 0 Å². The van der Waals surface area contributed by atoms with Gasteiger partial charge >= 0.3 is 0 Å². The minimum atomic E-state index is 0. The van der Waals surface area contributed by atoms with E-state index in [0.29, 0.717) is 0 Å². The van der Waals surface area contributed by atoms with Gasteiger partial charge in [-0.25, -0.2) is 9.13 Å². The average Bonchev–Trinajstić information content (AvgIpc) is 3.19. The molecule has 0 aliphatic carbocycles. The third-order valence-corrected chi connectivity index (χ3v) is 5.56. The number of hydrogen-bond acceptors (Lipinski definition) is 0. The molecule has 0 atom stereocenters. The number of aromatic nitrogens is 2. The first-order valence-electron chi connectivity index (χ1n) is 10.7. The van der Waals surface area contributed by atoms with Gasteiger partial charge in [0.05, 0.1) is 0 Å². The van der Waals surface area contributed by atoms with Gasteiger partial charge in [0.15, 0.2) is 11.4 Å². The lowest BCUT2D eigenvalue weighted by molar-refractivity contribution is -0.677. The van der Waals surface area contributed by atoms with Gasteiger partial charge in [0.2, 0.25) is 6.33 Å². The van der Waals surface area contributed by atoms with E-state index in [2.05, 4.69) is 137 Å². The van der Waals surface area contributed by atoms with Crippen LogP contribution >= 0.6 is 0 Å². The Hall–Kier alpha value is -3.43. The van der Waals surface area contributed by atoms with Crippen molar-refractivity contribution in [3.63, 3.8) is 0 Å². The number of hydrogen-bond donors (Lipinski definition) is 0. The topological polar surface area (TPSA) is 8.81 Å². The maximum atomic E-state index is 2.38. The van der Waals surface area contributed by atoms with Gasteiger partial charge in [-0.2, -0.15) is 0 Å². The smallest absolute Gasteiger partial charge is 0.245 e. The molecular formula is C29H25BrN2. The maximum Gasteiger partial charge on any atom is 0.245 e. The van der Waals surface area contributed by atoms with Crippen LogP contribution in [0, 0.1) is 0 Å². The first-order valence-corrected chi connectivity index (χ1v) is 10.7. The minimum Gasteiger partial charge on any atom is -1.00 e. The van der Waals surface area contributed by atoms with Crippen molar-refractivity contribution in [1.29, 1.82) is 0 Å². The van der Waals surface area contributed by atoms with Crippen LogP contribution in [0.25, 0.3) is 22.5 Å². The van der Waals surface area contributed by atoms with Gasteiger partial charge in [0.25, 0.3) is 0 Å². The second-order valence-electron chi connectivity index (χ2n) is 7.77. The van der Waals surface area contributed by atoms with Crippen LogP contribution in [0.2, 0.25) is 0 Å². The van der Waals surface area contributed by atoms with E-state index in [4.69, 9.17) is 0 Å². The first-order chi connectivity index (χ1) is 15.4. The summed E-state index contributed by atoms with van der Waals surface area (Å²) in [6.45, 7) is 1.65. The molecule has 3 heteroatoms. The van der Waals surface area contributed by atoms with E-state index in [0.717, 1.165) is 13.1 Å². The molecule has 32 heavy (non-hydrogen) atoms. The Kier molecular flexibility index (Phi) is 6.98. The standard InChI is InChI=1S/C29H25N2.BrH/c1-5-13-24(14-6-1)21-30-23-31(22-25-15-7-2-8-16-25)29(27-19-11-4-12-20-27)28(30)26-17-9-3-10-18-26;/h1-20,23H,21-22H2;1H/q+1;/p-1. The predicted molar refractivity (Wildman–Crippen MR) is 127 cm³/mol. The molecule has 5 aromatic rings. The van der Waals surface area contributed by atoms with E-state index < -0.39 is 0 Å². The Morgan fingerprint density at radius 2 is 1.00 bits per heavy atom. The summed E-state index contributed by atoms with van der Waals surface area (Å²) in [6.07, 6.45) is 2.27. The fourth-order valence-electron chi connectivity index (χ4n) is 4.15. The number of nitrogens with zero attached hydrogens (tertiary/aromatic N) is 2. The van der Waals surface area contributed by atoms with Crippen molar-refractivity contribution < 1.29 is 21.5 Å². The first kappa shape index (κ1) is 21.8. The van der Waals surface area contributed by atoms with Crippen LogP contribution in [0.5, 0.6) is 0 Å². The number of halogens is 1. The van der Waals surface area contributed by atoms with Crippen LogP contribution in [0.3, 0.4) is 0 Å². The van der Waals surface area contributed by atoms with Gasteiger partial charge < -0.3 is 17.0 Å². The predicted octanol–water partition coefficient (Wildman–Crippen LogP) is 3.21. The summed E-state index contributed by atoms with van der Waals surface area (Å²) in [7, 11) is 0. The highest BCUT2D eigenvalue weighted by Gasteiger charge is 2.26.